The largest absolute Gasteiger partial charge is 0.478 e. The molecule has 0 aliphatic rings. The van der Waals surface area contributed by atoms with E-state index < -0.39 is 5.97 Å². The van der Waals surface area contributed by atoms with Crippen LogP contribution in [0.2, 0.25) is 0 Å². The number of benzene rings is 2. The van der Waals surface area contributed by atoms with Gasteiger partial charge in [0, 0.05) is 23.2 Å². The Balaban J connectivity index is 0.000000673. The predicted octanol–water partition coefficient (Wildman–Crippen LogP) is 4.44. The van der Waals surface area contributed by atoms with Crippen molar-refractivity contribution in [3.05, 3.63) is 83.4 Å². The van der Waals surface area contributed by atoms with Crippen LogP contribution in [0.1, 0.15) is 34.8 Å². The van der Waals surface area contributed by atoms with E-state index >= 15 is 0 Å². The van der Waals surface area contributed by atoms with Gasteiger partial charge in [0.15, 0.2) is 5.78 Å². The monoisotopic (exact) mass is 375 g/mol. The van der Waals surface area contributed by atoms with Gasteiger partial charge in [-0.15, -0.1) is 12.4 Å². The van der Waals surface area contributed by atoms with E-state index in [1.54, 1.807) is 6.92 Å². The molecule has 0 saturated carbocycles. The molecule has 0 amide bonds. The van der Waals surface area contributed by atoms with Gasteiger partial charge >= 0.3 is 5.97 Å². The average Bonchev–Trinajstić information content (AvgIpc) is 2.61. The van der Waals surface area contributed by atoms with E-state index in [2.05, 4.69) is 11.5 Å². The zero-order valence-corrected chi connectivity index (χ0v) is 16.3. The van der Waals surface area contributed by atoms with Crippen LogP contribution in [-0.4, -0.2) is 35.9 Å². The SMILES string of the molecule is C=C(CC)C(=O)O.CN(C)Cc1ccc(C(=O)c2ccccc2)cc1.Cl. The van der Waals surface area contributed by atoms with Crippen LogP contribution >= 0.6 is 12.4 Å². The summed E-state index contributed by atoms with van der Waals surface area (Å²) in [7, 11) is 4.06. The molecule has 0 spiro atoms. The minimum Gasteiger partial charge on any atom is -0.478 e. The van der Waals surface area contributed by atoms with Gasteiger partial charge < -0.3 is 10.0 Å². The first-order chi connectivity index (χ1) is 11.8. The maximum atomic E-state index is 12.2. The lowest BCUT2D eigenvalue weighted by molar-refractivity contribution is -0.132. The summed E-state index contributed by atoms with van der Waals surface area (Å²) in [6.45, 7) is 5.92. The van der Waals surface area contributed by atoms with Crippen LogP contribution in [0.5, 0.6) is 0 Å². The number of carboxylic acid groups (broad SMARTS) is 1. The van der Waals surface area contributed by atoms with Crippen LogP contribution in [0.4, 0.5) is 0 Å². The van der Waals surface area contributed by atoms with Gasteiger partial charge in [0.25, 0.3) is 0 Å². The summed E-state index contributed by atoms with van der Waals surface area (Å²) in [5.41, 5.74) is 2.95. The Morgan fingerprint density at radius 2 is 1.46 bits per heavy atom. The summed E-state index contributed by atoms with van der Waals surface area (Å²) in [6, 6.07) is 17.2. The van der Waals surface area contributed by atoms with Crippen molar-refractivity contribution in [3.8, 4) is 0 Å². The van der Waals surface area contributed by atoms with Crippen molar-refractivity contribution < 1.29 is 14.7 Å². The zero-order chi connectivity index (χ0) is 18.8. The van der Waals surface area contributed by atoms with E-state index in [1.165, 1.54) is 5.56 Å². The second-order valence-electron chi connectivity index (χ2n) is 5.89. The number of ketones is 1. The maximum absolute atomic E-state index is 12.2. The smallest absolute Gasteiger partial charge is 0.330 e. The number of hydrogen-bond donors (Lipinski definition) is 1. The Morgan fingerprint density at radius 3 is 1.85 bits per heavy atom. The van der Waals surface area contributed by atoms with Gasteiger partial charge in [-0.3, -0.25) is 4.79 Å². The fourth-order valence-corrected chi connectivity index (χ4v) is 2.03. The molecule has 26 heavy (non-hydrogen) atoms. The second-order valence-corrected chi connectivity index (χ2v) is 5.89. The normalized spacial score (nSPS) is 9.54. The number of nitrogens with zero attached hydrogens (tertiary/aromatic N) is 1. The lowest BCUT2D eigenvalue weighted by atomic mass is 10.0. The Kier molecular flexibility index (Phi) is 10.9. The van der Waals surface area contributed by atoms with Crippen LogP contribution in [0.25, 0.3) is 0 Å². The highest BCUT2D eigenvalue weighted by Crippen LogP contribution is 2.11. The third-order valence-electron chi connectivity index (χ3n) is 3.48. The number of aliphatic carboxylic acids is 1. The highest BCUT2D eigenvalue weighted by atomic mass is 35.5. The summed E-state index contributed by atoms with van der Waals surface area (Å²) in [5.74, 6) is -0.825. The first-order valence-corrected chi connectivity index (χ1v) is 8.09. The van der Waals surface area contributed by atoms with Crippen LogP contribution < -0.4 is 0 Å². The van der Waals surface area contributed by atoms with Crippen LogP contribution in [0, 0.1) is 0 Å². The Hall–Kier alpha value is -2.43. The molecule has 0 bridgehead atoms. The number of rotatable bonds is 6. The molecule has 0 fully saturated rings. The quantitative estimate of drug-likeness (QED) is 0.599. The Bertz CT molecular complexity index is 710. The molecule has 140 valence electrons. The molecule has 0 saturated heterocycles. The first kappa shape index (κ1) is 23.6. The summed E-state index contributed by atoms with van der Waals surface area (Å²) in [6.07, 6.45) is 0.523. The standard InChI is InChI=1S/C16H17NO.C5H8O2.ClH/c1-17(2)12-13-8-10-15(11-9-13)16(18)14-6-4-3-5-7-14;1-3-4(2)5(6)7;/h3-11H,12H2,1-2H3;2-3H2,1H3,(H,6,7);1H. The molecule has 2 aromatic carbocycles. The highest BCUT2D eigenvalue weighted by molar-refractivity contribution is 6.08. The lowest BCUT2D eigenvalue weighted by Gasteiger charge is -2.09. The van der Waals surface area contributed by atoms with Crippen molar-refractivity contribution >= 4 is 24.2 Å². The fourth-order valence-electron chi connectivity index (χ4n) is 2.03. The maximum Gasteiger partial charge on any atom is 0.330 e. The van der Waals surface area contributed by atoms with E-state index in [0.29, 0.717) is 6.42 Å². The number of halogens is 1. The molecule has 5 heteroatoms. The van der Waals surface area contributed by atoms with Crippen LogP contribution in [0.3, 0.4) is 0 Å². The summed E-state index contributed by atoms with van der Waals surface area (Å²) in [5, 5.41) is 8.08. The average molecular weight is 376 g/mol. The van der Waals surface area contributed by atoms with Gasteiger partial charge in [-0.25, -0.2) is 4.79 Å². The van der Waals surface area contributed by atoms with Crippen LogP contribution in [0.15, 0.2) is 66.7 Å². The molecule has 0 aliphatic carbocycles. The van der Waals surface area contributed by atoms with Gasteiger partial charge in [-0.1, -0.05) is 68.1 Å². The van der Waals surface area contributed by atoms with E-state index in [9.17, 15) is 9.59 Å². The minimum atomic E-state index is -0.900. The molecular formula is C21H26ClNO3. The number of carbonyl (C=O) groups is 2. The third-order valence-corrected chi connectivity index (χ3v) is 3.48. The molecule has 0 aliphatic heterocycles. The van der Waals surface area contributed by atoms with E-state index in [1.807, 2.05) is 68.7 Å². The van der Waals surface area contributed by atoms with Gasteiger partial charge in [-0.05, 0) is 26.1 Å². The van der Waals surface area contributed by atoms with E-state index in [-0.39, 0.29) is 23.8 Å². The van der Waals surface area contributed by atoms with Crippen molar-refractivity contribution in [2.75, 3.05) is 14.1 Å². The van der Waals surface area contributed by atoms with Gasteiger partial charge in [0.2, 0.25) is 0 Å². The number of carbonyl (C=O) groups excluding carboxylic acids is 1. The topological polar surface area (TPSA) is 57.6 Å². The molecule has 4 nitrogen and oxygen atoms in total. The van der Waals surface area contributed by atoms with Crippen molar-refractivity contribution in [2.24, 2.45) is 0 Å². The van der Waals surface area contributed by atoms with Crippen molar-refractivity contribution in [1.29, 1.82) is 0 Å². The summed E-state index contributed by atoms with van der Waals surface area (Å²) in [4.78, 5) is 24.1. The highest BCUT2D eigenvalue weighted by Gasteiger charge is 2.07. The van der Waals surface area contributed by atoms with Gasteiger partial charge in [0.05, 0.1) is 0 Å². The number of carboxylic acids is 1. The second kappa shape index (κ2) is 12.0. The first-order valence-electron chi connectivity index (χ1n) is 8.09. The molecule has 2 aromatic rings. The van der Waals surface area contributed by atoms with Gasteiger partial charge in [-0.2, -0.15) is 0 Å². The molecule has 2 rings (SSSR count). The molecular weight excluding hydrogens is 350 g/mol. The van der Waals surface area contributed by atoms with Crippen molar-refractivity contribution in [2.45, 2.75) is 19.9 Å². The minimum absolute atomic E-state index is 0. The van der Waals surface area contributed by atoms with E-state index in [0.717, 1.165) is 17.7 Å². The number of hydrogen-bond acceptors (Lipinski definition) is 3. The molecule has 0 atom stereocenters. The molecule has 0 unspecified atom stereocenters. The lowest BCUT2D eigenvalue weighted by Crippen LogP contribution is -2.10. The Morgan fingerprint density at radius 1 is 0.962 bits per heavy atom. The molecule has 0 radical (unpaired) electrons. The van der Waals surface area contributed by atoms with Gasteiger partial charge in [0.1, 0.15) is 0 Å². The summed E-state index contributed by atoms with van der Waals surface area (Å²) < 4.78 is 0. The molecule has 0 heterocycles. The molecule has 0 aromatic heterocycles. The zero-order valence-electron chi connectivity index (χ0n) is 15.4. The third kappa shape index (κ3) is 8.10. The fraction of sp³-hybridized carbons (Fsp3) is 0.238. The van der Waals surface area contributed by atoms with Crippen molar-refractivity contribution in [3.63, 3.8) is 0 Å². The Labute approximate surface area is 161 Å². The summed E-state index contributed by atoms with van der Waals surface area (Å²) >= 11 is 0. The van der Waals surface area contributed by atoms with Crippen molar-refractivity contribution in [1.82, 2.24) is 4.90 Å². The van der Waals surface area contributed by atoms with Crippen LogP contribution in [-0.2, 0) is 11.3 Å². The molecule has 1 N–H and O–H groups in total. The van der Waals surface area contributed by atoms with E-state index in [4.69, 9.17) is 5.11 Å². The predicted molar refractivity (Wildman–Crippen MR) is 108 cm³/mol.